The van der Waals surface area contributed by atoms with Crippen LogP contribution in [0, 0.1) is 5.92 Å². The van der Waals surface area contributed by atoms with Crippen LogP contribution >= 0.6 is 11.7 Å². The van der Waals surface area contributed by atoms with Gasteiger partial charge in [0.2, 0.25) is 10.0 Å². The molecule has 0 spiro atoms. The Morgan fingerprint density at radius 3 is 2.71 bits per heavy atom. The van der Waals surface area contributed by atoms with Gasteiger partial charge in [-0.25, -0.2) is 8.42 Å². The number of anilines is 1. The van der Waals surface area contributed by atoms with Crippen molar-refractivity contribution in [3.05, 3.63) is 42.7 Å². The number of esters is 1. The number of sulfonamides is 1. The molecule has 2 aromatic heterocycles. The molecule has 1 aliphatic rings. The van der Waals surface area contributed by atoms with Gasteiger partial charge in [-0.3, -0.25) is 14.6 Å². The fourth-order valence-electron chi connectivity index (χ4n) is 3.33. The van der Waals surface area contributed by atoms with Gasteiger partial charge in [0, 0.05) is 25.5 Å². The van der Waals surface area contributed by atoms with Crippen LogP contribution in [0.1, 0.15) is 12.8 Å². The van der Waals surface area contributed by atoms with Crippen LogP contribution in [0.2, 0.25) is 0 Å². The summed E-state index contributed by atoms with van der Waals surface area (Å²) < 4.78 is 40.0. The fourth-order valence-corrected chi connectivity index (χ4v) is 5.31. The highest BCUT2D eigenvalue weighted by atomic mass is 32.2. The summed E-state index contributed by atoms with van der Waals surface area (Å²) in [5.74, 6) is -1.45. The average molecular weight is 462 g/mol. The van der Waals surface area contributed by atoms with Crippen LogP contribution in [0.5, 0.6) is 0 Å². The van der Waals surface area contributed by atoms with Gasteiger partial charge in [0.1, 0.15) is 15.9 Å². The monoisotopic (exact) mass is 461 g/mol. The molecule has 3 heterocycles. The summed E-state index contributed by atoms with van der Waals surface area (Å²) in [6.07, 6.45) is 3.45. The summed E-state index contributed by atoms with van der Waals surface area (Å²) in [6, 6.07) is 8.28. The molecule has 10 nitrogen and oxygen atoms in total. The lowest BCUT2D eigenvalue weighted by Crippen LogP contribution is -2.40. The SMILES string of the molecule is O=C(COC(=O)C1CCN(S(=O)(=O)c2cccnc2)CC1)Nc1cccc2nsnc12. The van der Waals surface area contributed by atoms with Crippen LogP contribution in [0.4, 0.5) is 5.69 Å². The molecular weight excluding hydrogens is 442 g/mol. The van der Waals surface area contributed by atoms with E-state index in [0.717, 1.165) is 11.7 Å². The van der Waals surface area contributed by atoms with Crippen molar-refractivity contribution < 1.29 is 22.7 Å². The van der Waals surface area contributed by atoms with E-state index in [-0.39, 0.29) is 18.0 Å². The van der Waals surface area contributed by atoms with E-state index in [1.165, 1.54) is 22.8 Å². The highest BCUT2D eigenvalue weighted by Gasteiger charge is 2.33. The first kappa shape index (κ1) is 21.3. The number of fused-ring (bicyclic) bond motifs is 1. The van der Waals surface area contributed by atoms with E-state index in [2.05, 4.69) is 19.0 Å². The third-order valence-electron chi connectivity index (χ3n) is 4.97. The Hall–Kier alpha value is -2.96. The minimum Gasteiger partial charge on any atom is -0.455 e. The van der Waals surface area contributed by atoms with Gasteiger partial charge in [-0.15, -0.1) is 0 Å². The Labute approximate surface area is 182 Å². The predicted octanol–water partition coefficient (Wildman–Crippen LogP) is 1.67. The number of nitrogens with zero attached hydrogens (tertiary/aromatic N) is 4. The molecule has 0 aliphatic carbocycles. The number of nitrogens with one attached hydrogen (secondary N) is 1. The van der Waals surface area contributed by atoms with E-state index in [0.29, 0.717) is 29.6 Å². The average Bonchev–Trinajstić information content (AvgIpc) is 3.28. The lowest BCUT2D eigenvalue weighted by atomic mass is 9.98. The van der Waals surface area contributed by atoms with Crippen molar-refractivity contribution in [3.63, 3.8) is 0 Å². The first-order valence-electron chi connectivity index (χ1n) is 9.53. The zero-order chi connectivity index (χ0) is 21.8. The quantitative estimate of drug-likeness (QED) is 0.549. The van der Waals surface area contributed by atoms with Gasteiger partial charge in [0.15, 0.2) is 6.61 Å². The third kappa shape index (κ3) is 4.70. The number of carbonyl (C=O) groups excluding carboxylic acids is 2. The molecule has 0 bridgehead atoms. The second-order valence-electron chi connectivity index (χ2n) is 6.96. The van der Waals surface area contributed by atoms with Crippen LogP contribution in [0.15, 0.2) is 47.6 Å². The Morgan fingerprint density at radius 1 is 1.16 bits per heavy atom. The summed E-state index contributed by atoms with van der Waals surface area (Å²) in [7, 11) is -3.64. The van der Waals surface area contributed by atoms with E-state index in [9.17, 15) is 18.0 Å². The zero-order valence-corrected chi connectivity index (χ0v) is 17.9. The molecule has 1 aromatic carbocycles. The minimum absolute atomic E-state index is 0.123. The molecular formula is C19H19N5O5S2. The van der Waals surface area contributed by atoms with Gasteiger partial charge in [-0.1, -0.05) is 6.07 Å². The first-order valence-corrected chi connectivity index (χ1v) is 11.7. The fraction of sp³-hybridized carbons (Fsp3) is 0.316. The van der Waals surface area contributed by atoms with Crippen LogP contribution in [0.25, 0.3) is 11.0 Å². The third-order valence-corrected chi connectivity index (χ3v) is 7.39. The van der Waals surface area contributed by atoms with E-state index in [1.54, 1.807) is 24.3 Å². The predicted molar refractivity (Wildman–Crippen MR) is 113 cm³/mol. The molecule has 1 fully saturated rings. The van der Waals surface area contributed by atoms with Gasteiger partial charge in [-0.2, -0.15) is 13.1 Å². The molecule has 0 saturated carbocycles. The number of hydrogen-bond donors (Lipinski definition) is 1. The summed E-state index contributed by atoms with van der Waals surface area (Å²) in [5, 5.41) is 2.67. The molecule has 1 saturated heterocycles. The number of amides is 1. The van der Waals surface area contributed by atoms with Crippen molar-refractivity contribution in [2.75, 3.05) is 25.0 Å². The van der Waals surface area contributed by atoms with Gasteiger partial charge >= 0.3 is 5.97 Å². The molecule has 12 heteroatoms. The van der Waals surface area contributed by atoms with Gasteiger partial charge in [0.25, 0.3) is 5.91 Å². The smallest absolute Gasteiger partial charge is 0.309 e. The van der Waals surface area contributed by atoms with Gasteiger partial charge < -0.3 is 10.1 Å². The lowest BCUT2D eigenvalue weighted by molar-refractivity contribution is -0.152. The lowest BCUT2D eigenvalue weighted by Gasteiger charge is -2.29. The normalized spacial score (nSPS) is 15.6. The van der Waals surface area contributed by atoms with Crippen molar-refractivity contribution in [1.29, 1.82) is 0 Å². The summed E-state index contributed by atoms with van der Waals surface area (Å²) in [5.41, 5.74) is 1.75. The topological polar surface area (TPSA) is 131 Å². The molecule has 1 amide bonds. The van der Waals surface area contributed by atoms with Crippen LogP contribution < -0.4 is 5.32 Å². The highest BCUT2D eigenvalue weighted by Crippen LogP contribution is 2.24. The number of piperidine rings is 1. The van der Waals surface area contributed by atoms with Gasteiger partial charge in [-0.05, 0) is 37.1 Å². The molecule has 0 unspecified atom stereocenters. The number of pyridine rings is 1. The number of benzene rings is 1. The Bertz CT molecular complexity index is 1190. The van der Waals surface area contributed by atoms with E-state index < -0.39 is 34.4 Å². The minimum atomic E-state index is -3.64. The zero-order valence-electron chi connectivity index (χ0n) is 16.3. The van der Waals surface area contributed by atoms with E-state index in [1.807, 2.05) is 0 Å². The number of carbonyl (C=O) groups is 2. The number of ether oxygens (including phenoxy) is 1. The molecule has 1 aliphatic heterocycles. The maximum absolute atomic E-state index is 12.6. The van der Waals surface area contributed by atoms with Crippen molar-refractivity contribution in [3.8, 4) is 0 Å². The molecule has 4 rings (SSSR count). The van der Waals surface area contributed by atoms with Crippen molar-refractivity contribution in [1.82, 2.24) is 18.0 Å². The number of aromatic nitrogens is 3. The maximum Gasteiger partial charge on any atom is 0.309 e. The number of hydrogen-bond acceptors (Lipinski definition) is 9. The molecule has 1 N–H and O–H groups in total. The summed E-state index contributed by atoms with van der Waals surface area (Å²) in [4.78, 5) is 28.5. The molecule has 31 heavy (non-hydrogen) atoms. The van der Waals surface area contributed by atoms with Crippen LogP contribution in [0.3, 0.4) is 0 Å². The maximum atomic E-state index is 12.6. The molecule has 0 radical (unpaired) electrons. The van der Waals surface area contributed by atoms with E-state index >= 15 is 0 Å². The van der Waals surface area contributed by atoms with Crippen molar-refractivity contribution in [2.45, 2.75) is 17.7 Å². The molecule has 162 valence electrons. The summed E-state index contributed by atoms with van der Waals surface area (Å²) >= 11 is 1.04. The summed E-state index contributed by atoms with van der Waals surface area (Å²) in [6.45, 7) is -0.0367. The van der Waals surface area contributed by atoms with Crippen molar-refractivity contribution >= 4 is 50.3 Å². The van der Waals surface area contributed by atoms with E-state index in [4.69, 9.17) is 4.74 Å². The molecule has 0 atom stereocenters. The van der Waals surface area contributed by atoms with Crippen LogP contribution in [-0.2, 0) is 24.3 Å². The second-order valence-corrected chi connectivity index (χ2v) is 9.43. The standard InChI is InChI=1S/C19H19N5O5S2/c25-17(21-15-4-1-5-16-18(15)23-30-22-16)12-29-19(26)13-6-9-24(10-7-13)31(27,28)14-3-2-8-20-11-14/h1-5,8,11,13H,6-7,9-10,12H2,(H,21,25). The Morgan fingerprint density at radius 2 is 1.97 bits per heavy atom. The first-order chi connectivity index (χ1) is 14.9. The highest BCUT2D eigenvalue weighted by molar-refractivity contribution is 7.89. The number of rotatable bonds is 6. The molecule has 3 aromatic rings. The largest absolute Gasteiger partial charge is 0.455 e. The van der Waals surface area contributed by atoms with Crippen molar-refractivity contribution in [2.24, 2.45) is 5.92 Å². The Kier molecular flexibility index (Phi) is 6.20. The van der Waals surface area contributed by atoms with Gasteiger partial charge in [0.05, 0.1) is 23.3 Å². The second kappa shape index (κ2) is 9.04. The van der Waals surface area contributed by atoms with Crippen LogP contribution in [-0.4, -0.2) is 58.0 Å². The Balaban J connectivity index is 1.27.